The lowest BCUT2D eigenvalue weighted by Crippen LogP contribution is -2.36. The molecule has 1 aromatic rings. The molecule has 0 radical (unpaired) electrons. The monoisotopic (exact) mass is 234 g/mol. The average molecular weight is 234 g/mol. The Balaban J connectivity index is 2.46. The van der Waals surface area contributed by atoms with Gasteiger partial charge in [0.15, 0.2) is 0 Å². The van der Waals surface area contributed by atoms with E-state index in [0.29, 0.717) is 6.42 Å². The molecular formula is C13H18N2O2. The molecule has 1 aromatic carbocycles. The lowest BCUT2D eigenvalue weighted by molar-refractivity contribution is -0.130. The second kappa shape index (κ2) is 6.03. The zero-order chi connectivity index (χ0) is 12.8. The molecule has 0 aliphatic carbocycles. The van der Waals surface area contributed by atoms with E-state index in [2.05, 4.69) is 5.32 Å². The van der Waals surface area contributed by atoms with Crippen molar-refractivity contribution >= 4 is 11.8 Å². The van der Waals surface area contributed by atoms with Crippen molar-refractivity contribution in [2.75, 3.05) is 20.6 Å². The number of carbonyl (C=O) groups is 2. The first-order chi connectivity index (χ1) is 8.00. The van der Waals surface area contributed by atoms with Crippen LogP contribution >= 0.6 is 0 Å². The van der Waals surface area contributed by atoms with Crippen LogP contribution in [0.2, 0.25) is 0 Å². The Morgan fingerprint density at radius 2 is 1.88 bits per heavy atom. The number of hydrogen-bond donors (Lipinski definition) is 1. The first-order valence-electron chi connectivity index (χ1n) is 5.52. The number of carbonyl (C=O) groups excluding carboxylic acids is 2. The molecule has 4 heteroatoms. The van der Waals surface area contributed by atoms with Crippen molar-refractivity contribution < 1.29 is 9.59 Å². The molecule has 0 saturated heterocycles. The highest BCUT2D eigenvalue weighted by Crippen LogP contribution is 2.07. The highest BCUT2D eigenvalue weighted by molar-refractivity contribution is 5.85. The second-order valence-corrected chi connectivity index (χ2v) is 4.17. The van der Waals surface area contributed by atoms with Crippen molar-refractivity contribution in [3.63, 3.8) is 0 Å². The zero-order valence-corrected chi connectivity index (χ0v) is 10.5. The van der Waals surface area contributed by atoms with Crippen LogP contribution in [0.3, 0.4) is 0 Å². The highest BCUT2D eigenvalue weighted by atomic mass is 16.2. The Bertz CT molecular complexity index is 414. The van der Waals surface area contributed by atoms with E-state index in [1.165, 1.54) is 4.90 Å². The van der Waals surface area contributed by atoms with Gasteiger partial charge in [-0.25, -0.2) is 0 Å². The van der Waals surface area contributed by atoms with E-state index in [1.807, 2.05) is 31.2 Å². The molecule has 1 rings (SSSR count). The fourth-order valence-electron chi connectivity index (χ4n) is 1.38. The Hall–Kier alpha value is -1.84. The van der Waals surface area contributed by atoms with E-state index in [0.717, 1.165) is 11.1 Å². The number of likely N-dealkylation sites (N-methyl/N-ethyl adjacent to an activating group) is 1. The summed E-state index contributed by atoms with van der Waals surface area (Å²) in [6, 6.07) is 7.73. The van der Waals surface area contributed by atoms with Crippen LogP contribution in [0.15, 0.2) is 24.3 Å². The van der Waals surface area contributed by atoms with E-state index in [9.17, 15) is 9.59 Å². The molecule has 17 heavy (non-hydrogen) atoms. The van der Waals surface area contributed by atoms with Gasteiger partial charge in [0.2, 0.25) is 11.8 Å². The average Bonchev–Trinajstić information content (AvgIpc) is 2.29. The summed E-state index contributed by atoms with van der Waals surface area (Å²) < 4.78 is 0. The van der Waals surface area contributed by atoms with Crippen molar-refractivity contribution in [2.24, 2.45) is 0 Å². The van der Waals surface area contributed by atoms with E-state index >= 15 is 0 Å². The number of aryl methyl sites for hydroxylation is 1. The molecule has 4 nitrogen and oxygen atoms in total. The van der Waals surface area contributed by atoms with Crippen molar-refractivity contribution in [3.05, 3.63) is 35.4 Å². The summed E-state index contributed by atoms with van der Waals surface area (Å²) in [5.41, 5.74) is 2.07. The fourth-order valence-corrected chi connectivity index (χ4v) is 1.38. The molecular weight excluding hydrogens is 216 g/mol. The van der Waals surface area contributed by atoms with Crippen molar-refractivity contribution in [1.82, 2.24) is 10.2 Å². The van der Waals surface area contributed by atoms with Gasteiger partial charge in [-0.2, -0.15) is 0 Å². The number of amides is 2. The minimum atomic E-state index is -0.130. The maximum atomic E-state index is 11.6. The summed E-state index contributed by atoms with van der Waals surface area (Å²) in [5, 5.41) is 2.61. The maximum absolute atomic E-state index is 11.6. The standard InChI is InChI=1S/C13H18N2O2/c1-10-6-4-5-7-11(10)8-12(16)14-9-13(17)15(2)3/h4-7H,8-9H2,1-3H3,(H,14,16). The van der Waals surface area contributed by atoms with Gasteiger partial charge in [-0.15, -0.1) is 0 Å². The van der Waals surface area contributed by atoms with Crippen LogP contribution in [0.4, 0.5) is 0 Å². The van der Waals surface area contributed by atoms with Crippen LogP contribution in [0.1, 0.15) is 11.1 Å². The first kappa shape index (κ1) is 13.2. The normalized spacial score (nSPS) is 9.82. The molecule has 0 aliphatic rings. The van der Waals surface area contributed by atoms with Crippen LogP contribution in [0.5, 0.6) is 0 Å². The zero-order valence-electron chi connectivity index (χ0n) is 10.5. The second-order valence-electron chi connectivity index (χ2n) is 4.17. The molecule has 0 heterocycles. The molecule has 0 bridgehead atoms. The van der Waals surface area contributed by atoms with Crippen LogP contribution in [-0.4, -0.2) is 37.4 Å². The predicted octanol–water partition coefficient (Wildman–Crippen LogP) is 0.742. The summed E-state index contributed by atoms with van der Waals surface area (Å²) in [4.78, 5) is 24.3. The van der Waals surface area contributed by atoms with Gasteiger partial charge in [0, 0.05) is 14.1 Å². The SMILES string of the molecule is Cc1ccccc1CC(=O)NCC(=O)N(C)C. The minimum absolute atomic E-state index is 0.0533. The van der Waals surface area contributed by atoms with Crippen LogP contribution in [0, 0.1) is 6.92 Å². The maximum Gasteiger partial charge on any atom is 0.241 e. The number of hydrogen-bond acceptors (Lipinski definition) is 2. The molecule has 0 saturated carbocycles. The highest BCUT2D eigenvalue weighted by Gasteiger charge is 2.08. The topological polar surface area (TPSA) is 49.4 Å². The summed E-state index contributed by atoms with van der Waals surface area (Å²) in [7, 11) is 3.33. The molecule has 0 spiro atoms. The molecule has 0 aliphatic heterocycles. The van der Waals surface area contributed by atoms with Gasteiger partial charge < -0.3 is 10.2 Å². The molecule has 0 unspecified atom stereocenters. The van der Waals surface area contributed by atoms with Crippen molar-refractivity contribution in [2.45, 2.75) is 13.3 Å². The number of nitrogens with zero attached hydrogens (tertiary/aromatic N) is 1. The Morgan fingerprint density at radius 3 is 2.47 bits per heavy atom. The molecule has 92 valence electrons. The number of nitrogens with one attached hydrogen (secondary N) is 1. The lowest BCUT2D eigenvalue weighted by Gasteiger charge is -2.11. The molecule has 1 N–H and O–H groups in total. The third-order valence-electron chi connectivity index (χ3n) is 2.55. The molecule has 2 amide bonds. The molecule has 0 aromatic heterocycles. The lowest BCUT2D eigenvalue weighted by atomic mass is 10.1. The van der Waals surface area contributed by atoms with Gasteiger partial charge in [-0.05, 0) is 18.1 Å². The third kappa shape index (κ3) is 4.26. The van der Waals surface area contributed by atoms with E-state index in [-0.39, 0.29) is 18.4 Å². The quantitative estimate of drug-likeness (QED) is 0.835. The largest absolute Gasteiger partial charge is 0.347 e. The molecule has 0 fully saturated rings. The Morgan fingerprint density at radius 1 is 1.24 bits per heavy atom. The van der Waals surface area contributed by atoms with E-state index in [4.69, 9.17) is 0 Å². The van der Waals surface area contributed by atoms with Gasteiger partial charge in [0.1, 0.15) is 0 Å². The number of rotatable bonds is 4. The van der Waals surface area contributed by atoms with Gasteiger partial charge in [-0.3, -0.25) is 9.59 Å². The minimum Gasteiger partial charge on any atom is -0.347 e. The van der Waals surface area contributed by atoms with Crippen LogP contribution < -0.4 is 5.32 Å². The van der Waals surface area contributed by atoms with Gasteiger partial charge in [0.05, 0.1) is 13.0 Å². The molecule has 0 atom stereocenters. The van der Waals surface area contributed by atoms with Crippen molar-refractivity contribution in [1.29, 1.82) is 0 Å². The Labute approximate surface area is 102 Å². The van der Waals surface area contributed by atoms with Gasteiger partial charge in [0.25, 0.3) is 0 Å². The number of benzene rings is 1. The van der Waals surface area contributed by atoms with E-state index in [1.54, 1.807) is 14.1 Å². The third-order valence-corrected chi connectivity index (χ3v) is 2.55. The first-order valence-corrected chi connectivity index (χ1v) is 5.52. The predicted molar refractivity (Wildman–Crippen MR) is 66.6 cm³/mol. The van der Waals surface area contributed by atoms with Crippen molar-refractivity contribution in [3.8, 4) is 0 Å². The summed E-state index contributed by atoms with van der Waals surface area (Å²) >= 11 is 0. The summed E-state index contributed by atoms with van der Waals surface area (Å²) in [6.07, 6.45) is 0.313. The van der Waals surface area contributed by atoms with Gasteiger partial charge in [-0.1, -0.05) is 24.3 Å². The van der Waals surface area contributed by atoms with Crippen LogP contribution in [0.25, 0.3) is 0 Å². The smallest absolute Gasteiger partial charge is 0.241 e. The fraction of sp³-hybridized carbons (Fsp3) is 0.385. The van der Waals surface area contributed by atoms with Gasteiger partial charge >= 0.3 is 0 Å². The van der Waals surface area contributed by atoms with E-state index < -0.39 is 0 Å². The summed E-state index contributed by atoms with van der Waals surface area (Å²) in [6.45, 7) is 2.02. The Kier molecular flexibility index (Phi) is 4.69. The van der Waals surface area contributed by atoms with Crippen LogP contribution in [-0.2, 0) is 16.0 Å². The summed E-state index contributed by atoms with van der Waals surface area (Å²) in [5.74, 6) is -0.238.